The molecule has 0 aromatic rings. The van der Waals surface area contributed by atoms with Crippen LogP contribution in [0.4, 0.5) is 0 Å². The van der Waals surface area contributed by atoms with E-state index in [0.717, 1.165) is 25.7 Å². The minimum absolute atomic E-state index is 0.0296. The fraction of sp³-hybridized carbons (Fsp3) is 0.750. The molecular formula is C12H19N3O4. The molecule has 1 atom stereocenters. The number of amides is 3. The minimum atomic E-state index is -0.657. The number of hydroxylamine groups is 1. The number of carbonyl (C=O) groups is 3. The first-order chi connectivity index (χ1) is 9.08. The van der Waals surface area contributed by atoms with Crippen molar-refractivity contribution < 1.29 is 19.2 Å². The van der Waals surface area contributed by atoms with Crippen molar-refractivity contribution >= 4 is 17.7 Å². The van der Waals surface area contributed by atoms with Crippen LogP contribution in [0.15, 0.2) is 0 Å². The van der Waals surface area contributed by atoms with Crippen LogP contribution in [0.2, 0.25) is 0 Å². The first kappa shape index (κ1) is 13.8. The molecule has 1 unspecified atom stereocenters. The molecule has 0 radical (unpaired) electrons. The van der Waals surface area contributed by atoms with Crippen molar-refractivity contribution in [2.75, 3.05) is 13.2 Å². The third-order valence-corrected chi connectivity index (χ3v) is 3.68. The van der Waals surface area contributed by atoms with Crippen molar-refractivity contribution in [1.82, 2.24) is 10.4 Å². The molecule has 0 aromatic heterocycles. The van der Waals surface area contributed by atoms with Crippen LogP contribution in [-0.4, -0.2) is 41.8 Å². The molecule has 1 saturated carbocycles. The zero-order valence-corrected chi connectivity index (χ0v) is 10.8. The van der Waals surface area contributed by atoms with Gasteiger partial charge in [-0.3, -0.25) is 19.2 Å². The van der Waals surface area contributed by atoms with Crippen LogP contribution in [0, 0.1) is 5.92 Å². The Bertz CT molecular complexity index is 379. The average molecular weight is 269 g/mol. The van der Waals surface area contributed by atoms with E-state index in [2.05, 4.69) is 10.3 Å². The van der Waals surface area contributed by atoms with E-state index in [9.17, 15) is 14.4 Å². The standard InChI is InChI=1S/C12H19N3O4/c13-10(16)7-19-14-12(18)8-5-11(17)15(6-8)9-3-1-2-4-9/h8-9H,1-7H2,(H2,13,16)(H,14,18). The predicted molar refractivity (Wildman–Crippen MR) is 65.4 cm³/mol. The molecule has 0 aromatic carbocycles. The number of nitrogens with two attached hydrogens (primary N) is 1. The maximum atomic E-state index is 11.9. The Morgan fingerprint density at radius 1 is 1.37 bits per heavy atom. The predicted octanol–water partition coefficient (Wildman–Crippen LogP) is -0.689. The van der Waals surface area contributed by atoms with E-state index < -0.39 is 11.8 Å². The van der Waals surface area contributed by atoms with E-state index in [1.54, 1.807) is 0 Å². The summed E-state index contributed by atoms with van der Waals surface area (Å²) in [5.74, 6) is -1.39. The van der Waals surface area contributed by atoms with Crippen molar-refractivity contribution in [2.24, 2.45) is 11.7 Å². The largest absolute Gasteiger partial charge is 0.368 e. The van der Waals surface area contributed by atoms with E-state index in [-0.39, 0.29) is 30.9 Å². The SMILES string of the molecule is NC(=O)CONC(=O)C1CC(=O)N(C2CCCC2)C1. The van der Waals surface area contributed by atoms with Crippen LogP contribution in [0.5, 0.6) is 0 Å². The topological polar surface area (TPSA) is 102 Å². The smallest absolute Gasteiger partial charge is 0.248 e. The molecule has 106 valence electrons. The molecule has 2 fully saturated rings. The number of likely N-dealkylation sites (tertiary alicyclic amines) is 1. The summed E-state index contributed by atoms with van der Waals surface area (Å²) in [6.45, 7) is 0.0774. The van der Waals surface area contributed by atoms with Crippen LogP contribution < -0.4 is 11.2 Å². The lowest BCUT2D eigenvalue weighted by Crippen LogP contribution is -2.37. The Morgan fingerprint density at radius 3 is 2.68 bits per heavy atom. The molecule has 7 heteroatoms. The number of nitrogens with zero attached hydrogens (tertiary/aromatic N) is 1. The lowest BCUT2D eigenvalue weighted by atomic mass is 10.1. The lowest BCUT2D eigenvalue weighted by molar-refractivity contribution is -0.141. The summed E-state index contributed by atoms with van der Waals surface area (Å²) in [6, 6.07) is 0.289. The number of nitrogens with one attached hydrogen (secondary N) is 1. The van der Waals surface area contributed by atoms with E-state index >= 15 is 0 Å². The molecular weight excluding hydrogens is 250 g/mol. The third kappa shape index (κ3) is 3.44. The monoisotopic (exact) mass is 269 g/mol. The van der Waals surface area contributed by atoms with Gasteiger partial charge >= 0.3 is 0 Å². The number of hydrogen-bond acceptors (Lipinski definition) is 4. The number of carbonyl (C=O) groups excluding carboxylic acids is 3. The zero-order valence-electron chi connectivity index (χ0n) is 10.8. The molecule has 19 heavy (non-hydrogen) atoms. The van der Waals surface area contributed by atoms with Gasteiger partial charge in [0.05, 0.1) is 5.92 Å². The van der Waals surface area contributed by atoms with Gasteiger partial charge in [-0.2, -0.15) is 0 Å². The second kappa shape index (κ2) is 6.01. The quantitative estimate of drug-likeness (QED) is 0.645. The molecule has 0 bridgehead atoms. The highest BCUT2D eigenvalue weighted by molar-refractivity contribution is 5.89. The number of primary amides is 1. The Labute approximate surface area is 111 Å². The van der Waals surface area contributed by atoms with Crippen molar-refractivity contribution in [2.45, 2.75) is 38.1 Å². The summed E-state index contributed by atoms with van der Waals surface area (Å²) >= 11 is 0. The Kier molecular flexibility index (Phi) is 4.36. The molecule has 0 spiro atoms. The molecule has 2 aliphatic rings. The van der Waals surface area contributed by atoms with Crippen LogP contribution in [0.1, 0.15) is 32.1 Å². The molecule has 3 amide bonds. The fourth-order valence-electron chi connectivity index (χ4n) is 2.74. The first-order valence-electron chi connectivity index (χ1n) is 6.57. The Morgan fingerprint density at radius 2 is 2.05 bits per heavy atom. The number of rotatable bonds is 5. The zero-order chi connectivity index (χ0) is 13.8. The van der Waals surface area contributed by atoms with Gasteiger partial charge in [-0.05, 0) is 12.8 Å². The maximum absolute atomic E-state index is 11.9. The van der Waals surface area contributed by atoms with Crippen molar-refractivity contribution in [1.29, 1.82) is 0 Å². The highest BCUT2D eigenvalue weighted by Crippen LogP contribution is 2.29. The third-order valence-electron chi connectivity index (χ3n) is 3.68. The summed E-state index contributed by atoms with van der Waals surface area (Å²) in [4.78, 5) is 40.6. The molecule has 1 heterocycles. The van der Waals surface area contributed by atoms with Gasteiger partial charge in [0.25, 0.3) is 0 Å². The average Bonchev–Trinajstić information content (AvgIpc) is 2.96. The van der Waals surface area contributed by atoms with Crippen molar-refractivity contribution in [3.8, 4) is 0 Å². The molecule has 1 aliphatic carbocycles. The summed E-state index contributed by atoms with van der Waals surface area (Å²) in [7, 11) is 0. The maximum Gasteiger partial charge on any atom is 0.248 e. The van der Waals surface area contributed by atoms with E-state index in [0.29, 0.717) is 6.54 Å². The Hall–Kier alpha value is -1.63. The van der Waals surface area contributed by atoms with Crippen molar-refractivity contribution in [3.05, 3.63) is 0 Å². The second-order valence-electron chi connectivity index (χ2n) is 5.11. The highest BCUT2D eigenvalue weighted by atomic mass is 16.7. The van der Waals surface area contributed by atoms with Crippen LogP contribution >= 0.6 is 0 Å². The van der Waals surface area contributed by atoms with Gasteiger partial charge in [-0.1, -0.05) is 12.8 Å². The van der Waals surface area contributed by atoms with Gasteiger partial charge in [0.15, 0.2) is 6.61 Å². The molecule has 1 saturated heterocycles. The lowest BCUT2D eigenvalue weighted by Gasteiger charge is -2.23. The van der Waals surface area contributed by atoms with Gasteiger partial charge in [-0.15, -0.1) is 0 Å². The second-order valence-corrected chi connectivity index (χ2v) is 5.11. The van der Waals surface area contributed by atoms with Crippen LogP contribution in [0.3, 0.4) is 0 Å². The van der Waals surface area contributed by atoms with Gasteiger partial charge < -0.3 is 10.6 Å². The molecule has 7 nitrogen and oxygen atoms in total. The molecule has 3 N–H and O–H groups in total. The van der Waals surface area contributed by atoms with Gasteiger partial charge in [0, 0.05) is 19.0 Å². The van der Waals surface area contributed by atoms with Crippen LogP contribution in [-0.2, 0) is 19.2 Å². The Balaban J connectivity index is 1.80. The van der Waals surface area contributed by atoms with Gasteiger partial charge in [-0.25, -0.2) is 5.48 Å². The van der Waals surface area contributed by atoms with E-state index in [1.807, 2.05) is 4.90 Å². The minimum Gasteiger partial charge on any atom is -0.368 e. The van der Waals surface area contributed by atoms with Crippen LogP contribution in [0.25, 0.3) is 0 Å². The normalized spacial score (nSPS) is 23.9. The molecule has 1 aliphatic heterocycles. The summed E-state index contributed by atoms with van der Waals surface area (Å²) in [6.07, 6.45) is 4.55. The summed E-state index contributed by atoms with van der Waals surface area (Å²) < 4.78 is 0. The van der Waals surface area contributed by atoms with Crippen molar-refractivity contribution in [3.63, 3.8) is 0 Å². The van der Waals surface area contributed by atoms with Gasteiger partial charge in [0.2, 0.25) is 17.7 Å². The van der Waals surface area contributed by atoms with E-state index in [1.165, 1.54) is 0 Å². The van der Waals surface area contributed by atoms with Gasteiger partial charge in [0.1, 0.15) is 0 Å². The highest BCUT2D eigenvalue weighted by Gasteiger charge is 2.38. The number of hydrogen-bond donors (Lipinski definition) is 2. The van der Waals surface area contributed by atoms with E-state index in [4.69, 9.17) is 5.73 Å². The fourth-order valence-corrected chi connectivity index (χ4v) is 2.74. The molecule has 2 rings (SSSR count). The first-order valence-corrected chi connectivity index (χ1v) is 6.57. The summed E-state index contributed by atoms with van der Waals surface area (Å²) in [5, 5.41) is 0. The summed E-state index contributed by atoms with van der Waals surface area (Å²) in [5.41, 5.74) is 7.05.